The van der Waals surface area contributed by atoms with E-state index in [9.17, 15) is 44.3 Å². The van der Waals surface area contributed by atoms with Crippen molar-refractivity contribution in [1.29, 1.82) is 0 Å². The second kappa shape index (κ2) is 8.80. The van der Waals surface area contributed by atoms with Gasteiger partial charge in [-0.1, -0.05) is 6.92 Å². The van der Waals surface area contributed by atoms with Gasteiger partial charge < -0.3 is 10.8 Å². The molecule has 0 radical (unpaired) electrons. The summed E-state index contributed by atoms with van der Waals surface area (Å²) in [6.45, 7) is 1.14. The van der Waals surface area contributed by atoms with Crippen molar-refractivity contribution in [2.24, 2.45) is 17.6 Å². The number of nitrogens with two attached hydrogens (primary N) is 1. The minimum absolute atomic E-state index is 0.102. The monoisotopic (exact) mass is 439 g/mol. The van der Waals surface area contributed by atoms with Gasteiger partial charge in [0.15, 0.2) is 0 Å². The van der Waals surface area contributed by atoms with E-state index in [1.807, 2.05) is 0 Å². The molecule has 0 saturated heterocycles. The third kappa shape index (κ3) is 6.79. The second-order valence-corrected chi connectivity index (χ2v) is 6.69. The fraction of sp³-hybridized carbons (Fsp3) is 0.588. The molecule has 0 aromatic heterocycles. The molecule has 0 fully saturated rings. The molecule has 0 aliphatic heterocycles. The molecule has 0 spiro atoms. The van der Waals surface area contributed by atoms with Gasteiger partial charge in [0.25, 0.3) is 0 Å². The molecular weight excluding hydrogens is 421 g/mol. The summed E-state index contributed by atoms with van der Waals surface area (Å²) in [6.07, 6.45) is -17.5. The van der Waals surface area contributed by atoms with Crippen LogP contribution >= 0.6 is 0 Å². The van der Waals surface area contributed by atoms with E-state index < -0.39 is 65.0 Å². The molecule has 12 heteroatoms. The highest BCUT2D eigenvalue weighted by molar-refractivity contribution is 5.70. The zero-order valence-corrected chi connectivity index (χ0v) is 15.0. The Kier molecular flexibility index (Phi) is 7.60. The summed E-state index contributed by atoms with van der Waals surface area (Å²) in [5, 5.41) is 8.93. The number of hydrogen-bond acceptors (Lipinski definition) is 2. The maximum atomic E-state index is 13.3. The lowest BCUT2D eigenvalue weighted by atomic mass is 9.87. The number of rotatable bonds is 7. The van der Waals surface area contributed by atoms with Crippen LogP contribution in [0.25, 0.3) is 0 Å². The fourth-order valence-electron chi connectivity index (χ4n) is 2.90. The molecule has 0 bridgehead atoms. The molecule has 29 heavy (non-hydrogen) atoms. The van der Waals surface area contributed by atoms with Gasteiger partial charge >= 0.3 is 24.5 Å². The van der Waals surface area contributed by atoms with Crippen molar-refractivity contribution in [3.8, 4) is 0 Å². The summed E-state index contributed by atoms with van der Waals surface area (Å²) in [6, 6.07) is -0.676. The lowest BCUT2D eigenvalue weighted by Crippen LogP contribution is -2.25. The first-order valence-electron chi connectivity index (χ1n) is 8.29. The van der Waals surface area contributed by atoms with Crippen molar-refractivity contribution in [1.82, 2.24) is 0 Å². The summed E-state index contributed by atoms with van der Waals surface area (Å²) in [7, 11) is 0. The van der Waals surface area contributed by atoms with Crippen LogP contribution < -0.4 is 5.73 Å². The number of carboxylic acids is 1. The molecule has 1 rings (SSSR count). The SMILES string of the molecule is CC(CCc1c(C(F)(F)F)cc(C(F)(F)F)cc1C(F)(F)F)CC(CN)C(=O)O. The summed E-state index contributed by atoms with van der Waals surface area (Å²) < 4.78 is 118. The molecule has 3 N–H and O–H groups in total. The third-order valence-electron chi connectivity index (χ3n) is 4.40. The second-order valence-electron chi connectivity index (χ2n) is 6.69. The zero-order chi connectivity index (χ0) is 22.8. The van der Waals surface area contributed by atoms with Crippen molar-refractivity contribution in [2.75, 3.05) is 6.54 Å². The Morgan fingerprint density at radius 2 is 1.41 bits per heavy atom. The molecular formula is C17H18F9NO2. The molecule has 3 nitrogen and oxygen atoms in total. The molecule has 166 valence electrons. The Labute approximate surface area is 159 Å². The molecule has 1 aromatic carbocycles. The van der Waals surface area contributed by atoms with Crippen molar-refractivity contribution < 1.29 is 49.4 Å². The summed E-state index contributed by atoms with van der Waals surface area (Å²) in [5.41, 5.74) is -2.12. The van der Waals surface area contributed by atoms with Crippen LogP contribution in [0.3, 0.4) is 0 Å². The molecule has 2 atom stereocenters. The van der Waals surface area contributed by atoms with Gasteiger partial charge in [-0.15, -0.1) is 0 Å². The number of alkyl halides is 9. The Morgan fingerprint density at radius 1 is 0.966 bits per heavy atom. The number of aliphatic carboxylic acids is 1. The highest BCUT2D eigenvalue weighted by Gasteiger charge is 2.44. The quantitative estimate of drug-likeness (QED) is 0.563. The number of carbonyl (C=O) groups is 1. The van der Waals surface area contributed by atoms with Gasteiger partial charge in [0, 0.05) is 6.54 Å². The van der Waals surface area contributed by atoms with E-state index in [4.69, 9.17) is 10.8 Å². The van der Waals surface area contributed by atoms with Crippen molar-refractivity contribution >= 4 is 5.97 Å². The largest absolute Gasteiger partial charge is 0.481 e. The molecule has 0 amide bonds. The van der Waals surface area contributed by atoms with Gasteiger partial charge in [-0.05, 0) is 42.9 Å². The van der Waals surface area contributed by atoms with Crippen LogP contribution in [0.2, 0.25) is 0 Å². The van der Waals surface area contributed by atoms with Gasteiger partial charge in [-0.3, -0.25) is 4.79 Å². The van der Waals surface area contributed by atoms with Gasteiger partial charge in [-0.2, -0.15) is 39.5 Å². The minimum Gasteiger partial charge on any atom is -0.481 e. The van der Waals surface area contributed by atoms with Crippen LogP contribution in [0.4, 0.5) is 39.5 Å². The Bertz CT molecular complexity index is 688. The first-order valence-corrected chi connectivity index (χ1v) is 8.29. The van der Waals surface area contributed by atoms with Gasteiger partial charge in [0.1, 0.15) is 0 Å². The predicted octanol–water partition coefficient (Wildman–Crippen LogP) is 5.36. The maximum absolute atomic E-state index is 13.3. The maximum Gasteiger partial charge on any atom is 0.416 e. The van der Waals surface area contributed by atoms with E-state index in [1.165, 1.54) is 6.92 Å². The highest BCUT2D eigenvalue weighted by Crippen LogP contribution is 2.44. The first kappa shape index (κ1) is 25.1. The predicted molar refractivity (Wildman–Crippen MR) is 83.7 cm³/mol. The molecule has 0 heterocycles. The molecule has 0 aliphatic rings. The van der Waals surface area contributed by atoms with E-state index >= 15 is 0 Å². The minimum atomic E-state index is -5.44. The van der Waals surface area contributed by atoms with Crippen molar-refractivity contribution in [3.63, 3.8) is 0 Å². The molecule has 2 unspecified atom stereocenters. The Hall–Kier alpha value is -1.98. The normalized spacial score (nSPS) is 15.3. The molecule has 1 aromatic rings. The summed E-state index contributed by atoms with van der Waals surface area (Å²) >= 11 is 0. The molecule has 0 saturated carbocycles. The smallest absolute Gasteiger partial charge is 0.416 e. The van der Waals surface area contributed by atoms with E-state index in [1.54, 1.807) is 0 Å². The van der Waals surface area contributed by atoms with Crippen LogP contribution in [0.15, 0.2) is 12.1 Å². The number of carboxylic acid groups (broad SMARTS) is 1. The Balaban J connectivity index is 3.38. The van der Waals surface area contributed by atoms with Gasteiger partial charge in [-0.25, -0.2) is 0 Å². The molecule has 0 aliphatic carbocycles. The van der Waals surface area contributed by atoms with Crippen LogP contribution in [0.5, 0.6) is 0 Å². The lowest BCUT2D eigenvalue weighted by molar-refractivity contribution is -0.149. The standard InChI is InChI=1S/C17H18F9NO2/c1-8(4-9(7-27)14(28)29)2-3-11-12(16(21,22)23)5-10(15(18,19)20)6-13(11)17(24,25)26/h5-6,8-9H,2-4,7,27H2,1H3,(H,28,29). The number of benzene rings is 1. The Morgan fingerprint density at radius 3 is 1.72 bits per heavy atom. The van der Waals surface area contributed by atoms with E-state index in [0.29, 0.717) is 0 Å². The topological polar surface area (TPSA) is 63.3 Å². The summed E-state index contributed by atoms with van der Waals surface area (Å²) in [5.74, 6) is -2.94. The van der Waals surface area contributed by atoms with E-state index in [-0.39, 0.29) is 31.5 Å². The van der Waals surface area contributed by atoms with Crippen LogP contribution in [0.1, 0.15) is 42.0 Å². The van der Waals surface area contributed by atoms with Crippen LogP contribution in [-0.2, 0) is 29.7 Å². The average molecular weight is 439 g/mol. The number of hydrogen-bond donors (Lipinski definition) is 2. The highest BCUT2D eigenvalue weighted by atomic mass is 19.4. The zero-order valence-electron chi connectivity index (χ0n) is 15.0. The average Bonchev–Trinajstić information content (AvgIpc) is 2.54. The fourth-order valence-corrected chi connectivity index (χ4v) is 2.90. The lowest BCUT2D eigenvalue weighted by Gasteiger charge is -2.23. The van der Waals surface area contributed by atoms with Crippen molar-refractivity contribution in [3.05, 3.63) is 34.4 Å². The van der Waals surface area contributed by atoms with Gasteiger partial charge in [0.2, 0.25) is 0 Å². The third-order valence-corrected chi connectivity index (χ3v) is 4.40. The first-order chi connectivity index (χ1) is 13.0. The number of halogens is 9. The van der Waals surface area contributed by atoms with E-state index in [0.717, 1.165) is 0 Å². The van der Waals surface area contributed by atoms with Crippen molar-refractivity contribution in [2.45, 2.75) is 44.7 Å². The van der Waals surface area contributed by atoms with E-state index in [2.05, 4.69) is 0 Å². The van der Waals surface area contributed by atoms with Crippen LogP contribution in [-0.4, -0.2) is 17.6 Å². The van der Waals surface area contributed by atoms with Crippen LogP contribution in [0, 0.1) is 11.8 Å². The van der Waals surface area contributed by atoms with Gasteiger partial charge in [0.05, 0.1) is 22.6 Å². The summed E-state index contributed by atoms with van der Waals surface area (Å²) in [4.78, 5) is 11.0.